The van der Waals surface area contributed by atoms with Crippen molar-refractivity contribution in [1.29, 1.82) is 0 Å². The van der Waals surface area contributed by atoms with Crippen molar-refractivity contribution < 1.29 is 23.9 Å². The first kappa shape index (κ1) is 17.7. The van der Waals surface area contributed by atoms with Crippen LogP contribution in [-0.4, -0.2) is 36.0 Å². The van der Waals surface area contributed by atoms with Gasteiger partial charge in [-0.2, -0.15) is 0 Å². The number of benzene rings is 1. The van der Waals surface area contributed by atoms with Crippen LogP contribution in [0.5, 0.6) is 0 Å². The second kappa shape index (κ2) is 7.78. The monoisotopic (exact) mass is 353 g/mol. The molecule has 24 heavy (non-hydrogen) atoms. The Morgan fingerprint density at radius 2 is 1.96 bits per heavy atom. The number of nitrogens with one attached hydrogen (secondary N) is 3. The number of anilines is 1. The summed E-state index contributed by atoms with van der Waals surface area (Å²) in [5.41, 5.74) is 0.526. The standard InChI is InChI=1S/C15H16ClN3O5/c1-8(13(21)17-10-4-2-9(16)3-5-10)24-12(20)7-6-11-14(22)19-15(23)18-11/h2-5,8,11H,6-7H2,1H3,(H,17,21)(H2,18,19,22,23)/t8-,11+/m0/s1. The second-order valence-electron chi connectivity index (χ2n) is 5.18. The lowest BCUT2D eigenvalue weighted by molar-refractivity contribution is -0.153. The van der Waals surface area contributed by atoms with Crippen molar-refractivity contribution in [3.8, 4) is 0 Å². The molecule has 0 bridgehead atoms. The maximum absolute atomic E-state index is 11.9. The van der Waals surface area contributed by atoms with Crippen molar-refractivity contribution >= 4 is 41.1 Å². The number of esters is 1. The zero-order valence-corrected chi connectivity index (χ0v) is 13.6. The molecule has 1 aromatic carbocycles. The van der Waals surface area contributed by atoms with E-state index in [2.05, 4.69) is 16.0 Å². The molecule has 0 aliphatic carbocycles. The first-order valence-electron chi connectivity index (χ1n) is 7.22. The van der Waals surface area contributed by atoms with Gasteiger partial charge in [-0.1, -0.05) is 11.6 Å². The smallest absolute Gasteiger partial charge is 0.322 e. The van der Waals surface area contributed by atoms with Gasteiger partial charge in [-0.3, -0.25) is 19.7 Å². The van der Waals surface area contributed by atoms with E-state index in [1.165, 1.54) is 6.92 Å². The third-order valence-electron chi connectivity index (χ3n) is 3.28. The number of carbonyl (C=O) groups excluding carboxylic acids is 4. The highest BCUT2D eigenvalue weighted by atomic mass is 35.5. The van der Waals surface area contributed by atoms with Crippen molar-refractivity contribution in [1.82, 2.24) is 10.6 Å². The van der Waals surface area contributed by atoms with E-state index >= 15 is 0 Å². The SMILES string of the molecule is C[C@H](OC(=O)CC[C@H]1NC(=O)NC1=O)C(=O)Nc1ccc(Cl)cc1. The summed E-state index contributed by atoms with van der Waals surface area (Å²) in [6.45, 7) is 1.44. The quantitative estimate of drug-likeness (QED) is 0.525. The predicted molar refractivity (Wildman–Crippen MR) is 85.3 cm³/mol. The normalized spacial score (nSPS) is 17.7. The highest BCUT2D eigenvalue weighted by Gasteiger charge is 2.30. The van der Waals surface area contributed by atoms with Crippen molar-refractivity contribution in [2.24, 2.45) is 0 Å². The summed E-state index contributed by atoms with van der Waals surface area (Å²) in [7, 11) is 0. The molecule has 9 heteroatoms. The molecule has 3 N–H and O–H groups in total. The molecule has 0 radical (unpaired) electrons. The fourth-order valence-electron chi connectivity index (χ4n) is 2.01. The molecule has 1 heterocycles. The molecule has 128 valence electrons. The highest BCUT2D eigenvalue weighted by Crippen LogP contribution is 2.14. The Morgan fingerprint density at radius 1 is 1.29 bits per heavy atom. The molecule has 1 aromatic rings. The minimum atomic E-state index is -1.000. The molecule has 0 unspecified atom stereocenters. The number of amides is 4. The molecular weight excluding hydrogens is 338 g/mol. The van der Waals surface area contributed by atoms with Crippen LogP contribution in [0.3, 0.4) is 0 Å². The summed E-state index contributed by atoms with van der Waals surface area (Å²) in [4.78, 5) is 46.0. The fraction of sp³-hybridized carbons (Fsp3) is 0.333. The molecule has 0 spiro atoms. The molecule has 4 amide bonds. The van der Waals surface area contributed by atoms with E-state index in [0.717, 1.165) is 0 Å². The van der Waals surface area contributed by atoms with Crippen LogP contribution < -0.4 is 16.0 Å². The van der Waals surface area contributed by atoms with Gasteiger partial charge in [0.15, 0.2) is 6.10 Å². The first-order chi connectivity index (χ1) is 11.3. The Hall–Kier alpha value is -2.61. The summed E-state index contributed by atoms with van der Waals surface area (Å²) >= 11 is 5.75. The van der Waals surface area contributed by atoms with E-state index in [9.17, 15) is 19.2 Å². The van der Waals surface area contributed by atoms with Gasteiger partial charge in [-0.05, 0) is 37.6 Å². The van der Waals surface area contributed by atoms with Gasteiger partial charge in [-0.15, -0.1) is 0 Å². The van der Waals surface area contributed by atoms with Gasteiger partial charge in [0.2, 0.25) is 0 Å². The van der Waals surface area contributed by atoms with Crippen LogP contribution in [0.4, 0.5) is 10.5 Å². The number of halogens is 1. The van der Waals surface area contributed by atoms with Gasteiger partial charge in [0.25, 0.3) is 11.8 Å². The maximum Gasteiger partial charge on any atom is 0.322 e. The molecule has 1 fully saturated rings. The lowest BCUT2D eigenvalue weighted by Crippen LogP contribution is -2.32. The maximum atomic E-state index is 11.9. The number of carbonyl (C=O) groups is 4. The van der Waals surface area contributed by atoms with Crippen LogP contribution >= 0.6 is 11.6 Å². The van der Waals surface area contributed by atoms with Crippen molar-refractivity contribution in [2.75, 3.05) is 5.32 Å². The van der Waals surface area contributed by atoms with E-state index in [0.29, 0.717) is 10.7 Å². The third kappa shape index (κ3) is 4.95. The van der Waals surface area contributed by atoms with Crippen molar-refractivity contribution in [3.63, 3.8) is 0 Å². The van der Waals surface area contributed by atoms with Gasteiger partial charge in [0, 0.05) is 17.1 Å². The Bertz CT molecular complexity index is 662. The van der Waals surface area contributed by atoms with Crippen molar-refractivity contribution in [2.45, 2.75) is 31.9 Å². The number of imide groups is 1. The zero-order chi connectivity index (χ0) is 17.7. The van der Waals surface area contributed by atoms with E-state index < -0.39 is 36.0 Å². The lowest BCUT2D eigenvalue weighted by atomic mass is 10.1. The average Bonchev–Trinajstić information content (AvgIpc) is 2.85. The number of hydrogen-bond donors (Lipinski definition) is 3. The van der Waals surface area contributed by atoms with Gasteiger partial charge in [0.05, 0.1) is 0 Å². The predicted octanol–water partition coefficient (Wildman–Crippen LogP) is 1.20. The molecule has 2 rings (SSSR count). The van der Waals surface area contributed by atoms with E-state index in [-0.39, 0.29) is 12.8 Å². The lowest BCUT2D eigenvalue weighted by Gasteiger charge is -2.14. The Kier molecular flexibility index (Phi) is 5.75. The molecule has 1 aliphatic heterocycles. The second-order valence-corrected chi connectivity index (χ2v) is 5.62. The minimum absolute atomic E-state index is 0.0991. The topological polar surface area (TPSA) is 114 Å². The number of rotatable bonds is 6. The number of urea groups is 1. The Morgan fingerprint density at radius 3 is 2.54 bits per heavy atom. The Balaban J connectivity index is 1.76. The van der Waals surface area contributed by atoms with Crippen LogP contribution in [0.2, 0.25) is 5.02 Å². The molecular formula is C15H16ClN3O5. The van der Waals surface area contributed by atoms with Crippen LogP contribution in [0.1, 0.15) is 19.8 Å². The minimum Gasteiger partial charge on any atom is -0.453 e. The molecule has 0 aromatic heterocycles. The molecule has 2 atom stereocenters. The van der Waals surface area contributed by atoms with E-state index in [4.69, 9.17) is 16.3 Å². The molecule has 8 nitrogen and oxygen atoms in total. The molecule has 1 aliphatic rings. The zero-order valence-electron chi connectivity index (χ0n) is 12.8. The average molecular weight is 354 g/mol. The van der Waals surface area contributed by atoms with Gasteiger partial charge < -0.3 is 15.4 Å². The highest BCUT2D eigenvalue weighted by molar-refractivity contribution is 6.30. The summed E-state index contributed by atoms with van der Waals surface area (Å²) < 4.78 is 5.01. The number of hydrogen-bond acceptors (Lipinski definition) is 5. The summed E-state index contributed by atoms with van der Waals surface area (Å²) in [5, 5.41) is 7.57. The Labute approximate surface area is 142 Å². The largest absolute Gasteiger partial charge is 0.453 e. The summed E-state index contributed by atoms with van der Waals surface area (Å²) in [5.74, 6) is -1.61. The van der Waals surface area contributed by atoms with Crippen LogP contribution in [0, 0.1) is 0 Å². The third-order valence-corrected chi connectivity index (χ3v) is 3.54. The van der Waals surface area contributed by atoms with Gasteiger partial charge >= 0.3 is 12.0 Å². The molecule has 0 saturated carbocycles. The van der Waals surface area contributed by atoms with Crippen LogP contribution in [0.15, 0.2) is 24.3 Å². The number of ether oxygens (including phenoxy) is 1. The van der Waals surface area contributed by atoms with Crippen LogP contribution in [-0.2, 0) is 19.1 Å². The summed E-state index contributed by atoms with van der Waals surface area (Å²) in [6.07, 6.45) is -1.00. The molecule has 1 saturated heterocycles. The first-order valence-corrected chi connectivity index (χ1v) is 7.60. The van der Waals surface area contributed by atoms with E-state index in [1.54, 1.807) is 24.3 Å². The van der Waals surface area contributed by atoms with Gasteiger partial charge in [0.1, 0.15) is 6.04 Å². The fourth-order valence-corrected chi connectivity index (χ4v) is 2.14. The van der Waals surface area contributed by atoms with Gasteiger partial charge in [-0.25, -0.2) is 4.79 Å². The summed E-state index contributed by atoms with van der Waals surface area (Å²) in [6, 6.07) is 5.13. The van der Waals surface area contributed by atoms with E-state index in [1.807, 2.05) is 0 Å². The van der Waals surface area contributed by atoms with Crippen molar-refractivity contribution in [3.05, 3.63) is 29.3 Å². The van der Waals surface area contributed by atoms with Crippen LogP contribution in [0.25, 0.3) is 0 Å².